The average molecular weight is 430 g/mol. The number of carbonyl (C=O) groups is 1. The molecule has 0 aliphatic heterocycles. The summed E-state index contributed by atoms with van der Waals surface area (Å²) in [6, 6.07) is 11.6. The van der Waals surface area contributed by atoms with Crippen LogP contribution in [0.1, 0.15) is 21.5 Å². The molecule has 2 rings (SSSR count). The van der Waals surface area contributed by atoms with Crippen LogP contribution in [0.4, 0.5) is 5.69 Å². The number of hydrogen-bond acceptors (Lipinski definition) is 1. The minimum Gasteiger partial charge on any atom is -0.322 e. The number of rotatable bonds is 2. The van der Waals surface area contributed by atoms with Gasteiger partial charge in [0.1, 0.15) is 0 Å². The van der Waals surface area contributed by atoms with Crippen LogP contribution in [0.5, 0.6) is 0 Å². The lowest BCUT2D eigenvalue weighted by Crippen LogP contribution is -2.13. The van der Waals surface area contributed by atoms with Crippen LogP contribution in [-0.4, -0.2) is 5.91 Å². The van der Waals surface area contributed by atoms with Gasteiger partial charge >= 0.3 is 0 Å². The van der Waals surface area contributed by atoms with Gasteiger partial charge in [0.15, 0.2) is 0 Å². The standard InChI is InChI=1S/C15H13BrINO/c1-9-6-7-11(8-13(9)17)18-15(19)12-5-3-4-10(2)14(12)16/h3-8H,1-2H3,(H,18,19). The summed E-state index contributed by atoms with van der Waals surface area (Å²) in [7, 11) is 0. The first-order chi connectivity index (χ1) is 8.99. The molecule has 2 aromatic rings. The third-order valence-corrected chi connectivity index (χ3v) is 5.08. The van der Waals surface area contributed by atoms with Gasteiger partial charge in [0, 0.05) is 13.7 Å². The van der Waals surface area contributed by atoms with E-state index in [1.54, 1.807) is 0 Å². The maximum Gasteiger partial charge on any atom is 0.256 e. The number of anilines is 1. The number of aryl methyl sites for hydroxylation is 2. The highest BCUT2D eigenvalue weighted by molar-refractivity contribution is 14.1. The lowest BCUT2D eigenvalue weighted by Gasteiger charge is -2.09. The van der Waals surface area contributed by atoms with Gasteiger partial charge in [-0.05, 0) is 81.7 Å². The normalized spacial score (nSPS) is 10.3. The van der Waals surface area contributed by atoms with Crippen molar-refractivity contribution in [2.75, 3.05) is 5.32 Å². The predicted octanol–water partition coefficient (Wildman–Crippen LogP) is 4.92. The second-order valence-electron chi connectivity index (χ2n) is 4.35. The molecule has 19 heavy (non-hydrogen) atoms. The van der Waals surface area contributed by atoms with Crippen molar-refractivity contribution in [3.8, 4) is 0 Å². The molecule has 2 nitrogen and oxygen atoms in total. The summed E-state index contributed by atoms with van der Waals surface area (Å²) in [6.07, 6.45) is 0. The zero-order valence-electron chi connectivity index (χ0n) is 10.6. The number of hydrogen-bond donors (Lipinski definition) is 1. The summed E-state index contributed by atoms with van der Waals surface area (Å²) in [5.74, 6) is -0.102. The van der Waals surface area contributed by atoms with Gasteiger partial charge < -0.3 is 5.32 Å². The molecule has 0 radical (unpaired) electrons. The fraction of sp³-hybridized carbons (Fsp3) is 0.133. The third kappa shape index (κ3) is 3.36. The molecule has 98 valence electrons. The molecule has 1 N–H and O–H groups in total. The number of benzene rings is 2. The Hall–Kier alpha value is -0.880. The monoisotopic (exact) mass is 429 g/mol. The first kappa shape index (κ1) is 14.5. The van der Waals surface area contributed by atoms with Gasteiger partial charge in [0.2, 0.25) is 0 Å². The van der Waals surface area contributed by atoms with Crippen LogP contribution in [0.2, 0.25) is 0 Å². The Morgan fingerprint density at radius 3 is 2.58 bits per heavy atom. The Morgan fingerprint density at radius 2 is 1.89 bits per heavy atom. The van der Waals surface area contributed by atoms with E-state index in [2.05, 4.69) is 43.8 Å². The summed E-state index contributed by atoms with van der Waals surface area (Å²) >= 11 is 5.72. The molecule has 0 saturated heterocycles. The van der Waals surface area contributed by atoms with Crippen molar-refractivity contribution in [3.63, 3.8) is 0 Å². The number of carbonyl (C=O) groups excluding carboxylic acids is 1. The second-order valence-corrected chi connectivity index (χ2v) is 6.31. The largest absolute Gasteiger partial charge is 0.322 e. The highest BCUT2D eigenvalue weighted by Crippen LogP contribution is 2.23. The molecule has 0 unspecified atom stereocenters. The van der Waals surface area contributed by atoms with Crippen molar-refractivity contribution in [2.24, 2.45) is 0 Å². The highest BCUT2D eigenvalue weighted by atomic mass is 127. The number of amides is 1. The van der Waals surface area contributed by atoms with Crippen LogP contribution < -0.4 is 5.32 Å². The van der Waals surface area contributed by atoms with E-state index < -0.39 is 0 Å². The zero-order chi connectivity index (χ0) is 14.0. The van der Waals surface area contributed by atoms with E-state index in [0.29, 0.717) is 5.56 Å². The SMILES string of the molecule is Cc1ccc(NC(=O)c2cccc(C)c2Br)cc1I. The maximum atomic E-state index is 12.2. The van der Waals surface area contributed by atoms with Gasteiger partial charge in [-0.25, -0.2) is 0 Å². The summed E-state index contributed by atoms with van der Waals surface area (Å²) in [5.41, 5.74) is 3.71. The van der Waals surface area contributed by atoms with Gasteiger partial charge in [-0.2, -0.15) is 0 Å². The highest BCUT2D eigenvalue weighted by Gasteiger charge is 2.11. The molecule has 0 fully saturated rings. The maximum absolute atomic E-state index is 12.2. The summed E-state index contributed by atoms with van der Waals surface area (Å²) in [4.78, 5) is 12.2. The van der Waals surface area contributed by atoms with Gasteiger partial charge in [-0.1, -0.05) is 18.2 Å². The molecule has 0 saturated carbocycles. The molecular weight excluding hydrogens is 417 g/mol. The van der Waals surface area contributed by atoms with E-state index in [0.717, 1.165) is 19.3 Å². The molecule has 0 bridgehead atoms. The number of nitrogens with one attached hydrogen (secondary N) is 1. The topological polar surface area (TPSA) is 29.1 Å². The Labute approximate surface area is 134 Å². The van der Waals surface area contributed by atoms with Gasteiger partial charge in [0.05, 0.1) is 5.56 Å². The van der Waals surface area contributed by atoms with Crippen molar-refractivity contribution in [1.29, 1.82) is 0 Å². The Balaban J connectivity index is 2.26. The van der Waals surface area contributed by atoms with Crippen molar-refractivity contribution < 1.29 is 4.79 Å². The smallest absolute Gasteiger partial charge is 0.256 e. The third-order valence-electron chi connectivity index (χ3n) is 2.87. The van der Waals surface area contributed by atoms with Crippen LogP contribution in [0.3, 0.4) is 0 Å². The van der Waals surface area contributed by atoms with E-state index in [4.69, 9.17) is 0 Å². The Morgan fingerprint density at radius 1 is 1.16 bits per heavy atom. The predicted molar refractivity (Wildman–Crippen MR) is 90.7 cm³/mol. The van der Waals surface area contributed by atoms with Crippen LogP contribution >= 0.6 is 38.5 Å². The van der Waals surface area contributed by atoms with Crippen LogP contribution in [0, 0.1) is 17.4 Å². The summed E-state index contributed by atoms with van der Waals surface area (Å²) in [5, 5.41) is 2.92. The average Bonchev–Trinajstić information content (AvgIpc) is 2.37. The lowest BCUT2D eigenvalue weighted by atomic mass is 10.1. The first-order valence-corrected chi connectivity index (χ1v) is 7.69. The first-order valence-electron chi connectivity index (χ1n) is 5.81. The molecule has 0 aromatic heterocycles. The fourth-order valence-electron chi connectivity index (χ4n) is 1.69. The van der Waals surface area contributed by atoms with E-state index in [9.17, 15) is 4.79 Å². The van der Waals surface area contributed by atoms with Crippen molar-refractivity contribution in [1.82, 2.24) is 0 Å². The quantitative estimate of drug-likeness (QED) is 0.674. The van der Waals surface area contributed by atoms with Crippen LogP contribution in [-0.2, 0) is 0 Å². The molecule has 4 heteroatoms. The molecular formula is C15H13BrINO. The molecule has 0 aliphatic carbocycles. The van der Waals surface area contributed by atoms with Crippen LogP contribution in [0.25, 0.3) is 0 Å². The van der Waals surface area contributed by atoms with E-state index in [-0.39, 0.29) is 5.91 Å². The van der Waals surface area contributed by atoms with E-state index >= 15 is 0 Å². The van der Waals surface area contributed by atoms with Crippen molar-refractivity contribution >= 4 is 50.1 Å². The fourth-order valence-corrected chi connectivity index (χ4v) is 2.65. The summed E-state index contributed by atoms with van der Waals surface area (Å²) < 4.78 is 1.98. The molecule has 0 aliphatic rings. The molecule has 0 heterocycles. The minimum atomic E-state index is -0.102. The van der Waals surface area contributed by atoms with Crippen LogP contribution in [0.15, 0.2) is 40.9 Å². The lowest BCUT2D eigenvalue weighted by molar-refractivity contribution is 0.102. The van der Waals surface area contributed by atoms with E-state index in [1.165, 1.54) is 5.56 Å². The summed E-state index contributed by atoms with van der Waals surface area (Å²) in [6.45, 7) is 4.01. The van der Waals surface area contributed by atoms with Gasteiger partial charge in [-0.3, -0.25) is 4.79 Å². The van der Waals surface area contributed by atoms with Gasteiger partial charge in [0.25, 0.3) is 5.91 Å². The van der Waals surface area contributed by atoms with Crippen molar-refractivity contribution in [2.45, 2.75) is 13.8 Å². The molecule has 0 atom stereocenters. The molecule has 0 spiro atoms. The second kappa shape index (κ2) is 6.05. The molecule has 2 aromatic carbocycles. The number of halogens is 2. The van der Waals surface area contributed by atoms with Gasteiger partial charge in [-0.15, -0.1) is 0 Å². The Bertz CT molecular complexity index is 640. The minimum absolute atomic E-state index is 0.102. The molecule has 1 amide bonds. The van der Waals surface area contributed by atoms with Crippen molar-refractivity contribution in [3.05, 3.63) is 61.1 Å². The zero-order valence-corrected chi connectivity index (χ0v) is 14.4. The Kier molecular flexibility index (Phi) is 4.62. The van der Waals surface area contributed by atoms with E-state index in [1.807, 2.05) is 50.2 Å².